The van der Waals surface area contributed by atoms with E-state index in [0.717, 1.165) is 61.3 Å². The lowest BCUT2D eigenvalue weighted by Crippen LogP contribution is -2.03. The average molecular weight is 566 g/mol. The lowest BCUT2D eigenvalue weighted by atomic mass is 10.1. The van der Waals surface area contributed by atoms with Gasteiger partial charge in [-0.3, -0.25) is 20.2 Å². The molecule has 11 heteroatoms. The van der Waals surface area contributed by atoms with Crippen molar-refractivity contribution in [3.05, 3.63) is 110 Å². The molecular weight excluding hydrogens is 534 g/mol. The van der Waals surface area contributed by atoms with E-state index >= 15 is 0 Å². The highest BCUT2D eigenvalue weighted by Gasteiger charge is 2.17. The maximum atomic E-state index is 11.1. The van der Waals surface area contributed by atoms with E-state index in [1.165, 1.54) is 24.3 Å². The molecular formula is C31H31N7O4. The van der Waals surface area contributed by atoms with Crippen molar-refractivity contribution >= 4 is 11.4 Å². The highest BCUT2D eigenvalue weighted by Crippen LogP contribution is 2.27. The van der Waals surface area contributed by atoms with Crippen LogP contribution >= 0.6 is 0 Å². The van der Waals surface area contributed by atoms with Gasteiger partial charge in [-0.25, -0.2) is 14.3 Å². The number of unbranched alkanes of at least 4 members (excludes halogenated alkanes) is 2. The second-order valence-corrected chi connectivity index (χ2v) is 10.0. The summed E-state index contributed by atoms with van der Waals surface area (Å²) in [7, 11) is 0. The van der Waals surface area contributed by atoms with Gasteiger partial charge in [0, 0.05) is 35.7 Å². The number of nitro benzene ring substituents is 2. The van der Waals surface area contributed by atoms with E-state index in [4.69, 9.17) is 15.2 Å². The minimum absolute atomic E-state index is 0.0297. The monoisotopic (exact) mass is 565 g/mol. The first kappa shape index (κ1) is 28.3. The molecule has 0 bridgehead atoms. The summed E-state index contributed by atoms with van der Waals surface area (Å²) in [6, 6.07) is 22.5. The fourth-order valence-corrected chi connectivity index (χ4v) is 4.76. The van der Waals surface area contributed by atoms with E-state index in [9.17, 15) is 20.2 Å². The Hall–Kier alpha value is -5.19. The number of nitro groups is 2. The Morgan fingerprint density at radius 1 is 0.619 bits per heavy atom. The first-order valence-electron chi connectivity index (χ1n) is 14.0. The lowest BCUT2D eigenvalue weighted by molar-refractivity contribution is -0.385. The molecule has 0 saturated heterocycles. The summed E-state index contributed by atoms with van der Waals surface area (Å²) in [5.41, 5.74) is 6.31. The Kier molecular flexibility index (Phi) is 8.47. The van der Waals surface area contributed by atoms with Crippen molar-refractivity contribution in [2.45, 2.75) is 52.4 Å². The fourth-order valence-electron chi connectivity index (χ4n) is 4.76. The number of non-ortho nitro benzene ring substituents is 2. The maximum absolute atomic E-state index is 11.1. The van der Waals surface area contributed by atoms with E-state index in [-0.39, 0.29) is 11.4 Å². The molecule has 0 amide bonds. The van der Waals surface area contributed by atoms with Gasteiger partial charge >= 0.3 is 0 Å². The van der Waals surface area contributed by atoms with Crippen LogP contribution in [0.15, 0.2) is 78.9 Å². The van der Waals surface area contributed by atoms with Crippen LogP contribution < -0.4 is 0 Å². The molecule has 2 aromatic carbocycles. The molecule has 42 heavy (non-hydrogen) atoms. The van der Waals surface area contributed by atoms with Crippen molar-refractivity contribution in [1.29, 1.82) is 0 Å². The Morgan fingerprint density at radius 3 is 1.38 bits per heavy atom. The van der Waals surface area contributed by atoms with E-state index in [0.29, 0.717) is 22.8 Å². The number of aromatic nitrogens is 5. The molecule has 0 atom stereocenters. The van der Waals surface area contributed by atoms with Crippen LogP contribution in [0, 0.1) is 20.2 Å². The van der Waals surface area contributed by atoms with Crippen molar-refractivity contribution in [1.82, 2.24) is 24.5 Å². The van der Waals surface area contributed by atoms with Crippen molar-refractivity contribution in [2.24, 2.45) is 0 Å². The van der Waals surface area contributed by atoms with Crippen LogP contribution in [0.25, 0.3) is 34.2 Å². The normalized spacial score (nSPS) is 11.1. The number of rotatable bonds is 12. The zero-order chi connectivity index (χ0) is 29.6. The molecule has 5 rings (SSSR count). The number of nitrogens with zero attached hydrogens (tertiary/aromatic N) is 7. The summed E-state index contributed by atoms with van der Waals surface area (Å²) in [6.07, 6.45) is 5.61. The molecule has 0 fully saturated rings. The first-order valence-corrected chi connectivity index (χ1v) is 14.0. The smallest absolute Gasteiger partial charge is 0.258 e. The third-order valence-electron chi connectivity index (χ3n) is 7.02. The Bertz CT molecular complexity index is 1580. The van der Waals surface area contributed by atoms with Crippen LogP contribution in [0.4, 0.5) is 11.4 Å². The Morgan fingerprint density at radius 2 is 1.02 bits per heavy atom. The minimum Gasteiger partial charge on any atom is -0.258 e. The summed E-state index contributed by atoms with van der Waals surface area (Å²) < 4.78 is 3.66. The van der Waals surface area contributed by atoms with Crippen LogP contribution in [0.5, 0.6) is 0 Å². The molecule has 0 aliphatic carbocycles. The predicted octanol–water partition coefficient (Wildman–Crippen LogP) is 7.29. The molecule has 0 unspecified atom stereocenters. The molecule has 0 N–H and O–H groups in total. The van der Waals surface area contributed by atoms with Crippen molar-refractivity contribution in [2.75, 3.05) is 0 Å². The van der Waals surface area contributed by atoms with Crippen LogP contribution in [0.3, 0.4) is 0 Å². The van der Waals surface area contributed by atoms with Gasteiger partial charge in [0.25, 0.3) is 11.4 Å². The number of hydrogen-bond acceptors (Lipinski definition) is 7. The Labute approximate surface area is 242 Å². The molecule has 5 aromatic rings. The number of aryl methyl sites for hydroxylation is 2. The third kappa shape index (κ3) is 6.09. The number of hydrogen-bond donors (Lipinski definition) is 0. The van der Waals surface area contributed by atoms with Gasteiger partial charge in [-0.2, -0.15) is 10.2 Å². The largest absolute Gasteiger partial charge is 0.269 e. The predicted molar refractivity (Wildman–Crippen MR) is 160 cm³/mol. The summed E-state index contributed by atoms with van der Waals surface area (Å²) >= 11 is 0. The van der Waals surface area contributed by atoms with Gasteiger partial charge in [-0.05, 0) is 74.2 Å². The number of benzene rings is 2. The molecule has 0 aliphatic heterocycles. The number of pyridine rings is 1. The minimum atomic E-state index is -0.414. The second-order valence-electron chi connectivity index (χ2n) is 10.0. The van der Waals surface area contributed by atoms with E-state index < -0.39 is 9.85 Å². The van der Waals surface area contributed by atoms with E-state index in [2.05, 4.69) is 13.8 Å². The quantitative estimate of drug-likeness (QED) is 0.114. The molecule has 0 radical (unpaired) electrons. The zero-order valence-electron chi connectivity index (χ0n) is 23.5. The molecule has 3 heterocycles. The molecule has 11 nitrogen and oxygen atoms in total. The van der Waals surface area contributed by atoms with Gasteiger partial charge in [-0.1, -0.05) is 32.8 Å². The molecule has 214 valence electrons. The average Bonchev–Trinajstić information content (AvgIpc) is 3.64. The van der Waals surface area contributed by atoms with E-state index in [1.54, 1.807) is 24.3 Å². The van der Waals surface area contributed by atoms with E-state index in [1.807, 2.05) is 39.7 Å². The third-order valence-corrected chi connectivity index (χ3v) is 7.02. The van der Waals surface area contributed by atoms with Gasteiger partial charge in [0.2, 0.25) is 0 Å². The van der Waals surface area contributed by atoms with Crippen LogP contribution in [-0.2, 0) is 12.8 Å². The molecule has 0 spiro atoms. The van der Waals surface area contributed by atoms with Gasteiger partial charge in [0.05, 0.1) is 32.6 Å². The zero-order valence-corrected chi connectivity index (χ0v) is 23.5. The lowest BCUT2D eigenvalue weighted by Gasteiger charge is -2.07. The van der Waals surface area contributed by atoms with Gasteiger partial charge in [-0.15, -0.1) is 0 Å². The maximum Gasteiger partial charge on any atom is 0.269 e. The first-order chi connectivity index (χ1) is 20.4. The standard InChI is InChI=1S/C31H31N7O4/c1-3-5-8-26-20-30(33-35(26)22-12-16-24(17-13-22)37(39)40)28-10-7-11-29(32-28)31-21-27(9-6-4-2)36(34-31)23-14-18-25(19-15-23)38(41)42/h7,10-21H,3-6,8-9H2,1-2H3. The van der Waals surface area contributed by atoms with Gasteiger partial charge in [0.15, 0.2) is 0 Å². The van der Waals surface area contributed by atoms with Crippen molar-refractivity contribution < 1.29 is 9.85 Å². The van der Waals surface area contributed by atoms with Crippen molar-refractivity contribution in [3.8, 4) is 34.2 Å². The summed E-state index contributed by atoms with van der Waals surface area (Å²) in [4.78, 5) is 26.3. The highest BCUT2D eigenvalue weighted by molar-refractivity contribution is 5.63. The molecule has 3 aromatic heterocycles. The fraction of sp³-hybridized carbons (Fsp3) is 0.258. The Balaban J connectivity index is 1.51. The summed E-state index contributed by atoms with van der Waals surface area (Å²) in [5, 5.41) is 32.0. The van der Waals surface area contributed by atoms with Gasteiger partial charge < -0.3 is 0 Å². The SMILES string of the molecule is CCCCc1cc(-c2cccc(-c3cc(CCCC)n(-c4ccc([N+](=O)[O-])cc4)n3)n2)nn1-c1ccc([N+](=O)[O-])cc1. The molecule has 0 saturated carbocycles. The summed E-state index contributed by atoms with van der Waals surface area (Å²) in [5.74, 6) is 0. The van der Waals surface area contributed by atoms with Gasteiger partial charge in [0.1, 0.15) is 11.4 Å². The topological polar surface area (TPSA) is 135 Å². The summed E-state index contributed by atoms with van der Waals surface area (Å²) in [6.45, 7) is 4.26. The van der Waals surface area contributed by atoms with Crippen LogP contribution in [0.1, 0.15) is 50.9 Å². The van der Waals surface area contributed by atoms with Crippen molar-refractivity contribution in [3.63, 3.8) is 0 Å². The second kappa shape index (κ2) is 12.5. The molecule has 0 aliphatic rings. The van der Waals surface area contributed by atoms with Crippen LogP contribution in [0.2, 0.25) is 0 Å². The highest BCUT2D eigenvalue weighted by atomic mass is 16.6. The van der Waals surface area contributed by atoms with Crippen LogP contribution in [-0.4, -0.2) is 34.4 Å².